The number of carbonyl (C=O) groups excluding carboxylic acids is 1. The van der Waals surface area contributed by atoms with Crippen molar-refractivity contribution in [3.8, 4) is 0 Å². The largest absolute Gasteiger partial charge is 0.338 e. The zero-order chi connectivity index (χ0) is 19.9. The van der Waals surface area contributed by atoms with Crippen molar-refractivity contribution in [2.45, 2.75) is 58.9 Å². The molecule has 4 rings (SSSR count). The Morgan fingerprint density at radius 1 is 1.14 bits per heavy atom. The van der Waals surface area contributed by atoms with E-state index in [0.717, 1.165) is 52.0 Å². The second-order valence-electron chi connectivity index (χ2n) is 9.74. The quantitative estimate of drug-likeness (QED) is 0.746. The van der Waals surface area contributed by atoms with Gasteiger partial charge in [-0.25, -0.2) is 0 Å². The van der Waals surface area contributed by atoms with Crippen LogP contribution in [-0.2, 0) is 16.8 Å². The van der Waals surface area contributed by atoms with Crippen molar-refractivity contribution in [1.82, 2.24) is 9.80 Å². The lowest BCUT2D eigenvalue weighted by Gasteiger charge is -2.49. The van der Waals surface area contributed by atoms with Gasteiger partial charge in [0.25, 0.3) is 0 Å². The van der Waals surface area contributed by atoms with E-state index in [1.807, 2.05) is 0 Å². The summed E-state index contributed by atoms with van der Waals surface area (Å²) in [5.41, 5.74) is 6.26. The summed E-state index contributed by atoms with van der Waals surface area (Å²) in [5, 5.41) is 0. The van der Waals surface area contributed by atoms with Gasteiger partial charge in [-0.2, -0.15) is 0 Å². The van der Waals surface area contributed by atoms with E-state index in [-0.39, 0.29) is 16.7 Å². The molecule has 1 spiro atoms. The van der Waals surface area contributed by atoms with E-state index >= 15 is 0 Å². The van der Waals surface area contributed by atoms with Crippen molar-refractivity contribution in [2.75, 3.05) is 26.2 Å². The summed E-state index contributed by atoms with van der Waals surface area (Å²) in [5.74, 6) is 0.202. The number of fused-ring (bicyclic) bond motifs is 2. The van der Waals surface area contributed by atoms with E-state index in [9.17, 15) is 4.79 Å². The van der Waals surface area contributed by atoms with E-state index in [1.54, 1.807) is 12.5 Å². The zero-order valence-corrected chi connectivity index (χ0v) is 17.9. The van der Waals surface area contributed by atoms with E-state index in [0.29, 0.717) is 0 Å². The van der Waals surface area contributed by atoms with Gasteiger partial charge in [0, 0.05) is 32.0 Å². The van der Waals surface area contributed by atoms with Crippen molar-refractivity contribution in [3.63, 3.8) is 0 Å². The molecule has 1 aromatic carbocycles. The van der Waals surface area contributed by atoms with Gasteiger partial charge in [0.1, 0.15) is 0 Å². The Labute approximate surface area is 170 Å². The first-order valence-electron chi connectivity index (χ1n) is 10.7. The molecule has 1 amide bonds. The van der Waals surface area contributed by atoms with Crippen LogP contribution >= 0.6 is 0 Å². The molecule has 1 aromatic rings. The number of piperidine rings is 1. The second kappa shape index (κ2) is 7.18. The highest BCUT2D eigenvalue weighted by Crippen LogP contribution is 2.43. The van der Waals surface area contributed by atoms with Crippen molar-refractivity contribution in [3.05, 3.63) is 58.7 Å². The van der Waals surface area contributed by atoms with Crippen molar-refractivity contribution >= 4 is 5.91 Å². The Morgan fingerprint density at radius 2 is 1.86 bits per heavy atom. The Bertz CT molecular complexity index is 825. The Hall–Kier alpha value is -1.87. The van der Waals surface area contributed by atoms with Crippen molar-refractivity contribution in [1.29, 1.82) is 0 Å². The first-order valence-corrected chi connectivity index (χ1v) is 10.7. The van der Waals surface area contributed by atoms with Crippen LogP contribution in [0.1, 0.15) is 58.1 Å². The van der Waals surface area contributed by atoms with Gasteiger partial charge in [-0.1, -0.05) is 55.8 Å². The fourth-order valence-corrected chi connectivity index (χ4v) is 5.53. The van der Waals surface area contributed by atoms with Gasteiger partial charge in [0.2, 0.25) is 5.91 Å². The zero-order valence-electron chi connectivity index (χ0n) is 17.9. The molecule has 2 aliphatic heterocycles. The summed E-state index contributed by atoms with van der Waals surface area (Å²) >= 11 is 0. The molecule has 0 unspecified atom stereocenters. The smallest absolute Gasteiger partial charge is 0.219 e. The molecule has 0 aromatic heterocycles. The normalized spacial score (nSPS) is 23.8. The molecular weight excluding hydrogens is 344 g/mol. The monoisotopic (exact) mass is 378 g/mol. The minimum atomic E-state index is 0.127. The second-order valence-corrected chi connectivity index (χ2v) is 9.74. The molecule has 150 valence electrons. The third-order valence-electron chi connectivity index (χ3n) is 7.37. The van der Waals surface area contributed by atoms with Crippen LogP contribution in [0.2, 0.25) is 0 Å². The highest BCUT2D eigenvalue weighted by Gasteiger charge is 2.43. The molecule has 3 nitrogen and oxygen atoms in total. The topological polar surface area (TPSA) is 23.6 Å². The number of rotatable bonds is 2. The molecule has 1 saturated heterocycles. The number of hydrogen-bond acceptors (Lipinski definition) is 2. The SMILES string of the molecule is CC(=O)N1Cc2ccccc2C2(CCN(CC3=C(C)C=CCC3(C)C)CC2)C1. The molecule has 3 aliphatic rings. The van der Waals surface area contributed by atoms with E-state index < -0.39 is 0 Å². The maximum Gasteiger partial charge on any atom is 0.219 e. The van der Waals surface area contributed by atoms with Crippen LogP contribution in [0.15, 0.2) is 47.6 Å². The van der Waals surface area contributed by atoms with E-state index in [2.05, 4.69) is 67.0 Å². The molecule has 28 heavy (non-hydrogen) atoms. The molecule has 0 radical (unpaired) electrons. The number of hydrogen-bond donors (Lipinski definition) is 0. The summed E-state index contributed by atoms with van der Waals surface area (Å²) in [7, 11) is 0. The van der Waals surface area contributed by atoms with Crippen LogP contribution < -0.4 is 0 Å². The summed E-state index contributed by atoms with van der Waals surface area (Å²) in [6, 6.07) is 8.80. The van der Waals surface area contributed by atoms with Crippen LogP contribution in [0.5, 0.6) is 0 Å². The lowest BCUT2D eigenvalue weighted by Crippen LogP contribution is -2.53. The number of carbonyl (C=O) groups is 1. The van der Waals surface area contributed by atoms with Gasteiger partial charge < -0.3 is 4.90 Å². The first-order chi connectivity index (χ1) is 13.3. The van der Waals surface area contributed by atoms with Crippen LogP contribution in [-0.4, -0.2) is 41.9 Å². The maximum atomic E-state index is 12.2. The molecule has 1 aliphatic carbocycles. The number of benzene rings is 1. The molecule has 0 atom stereocenters. The van der Waals surface area contributed by atoms with Gasteiger partial charge in [-0.3, -0.25) is 9.69 Å². The van der Waals surface area contributed by atoms with E-state index in [1.165, 1.54) is 16.7 Å². The lowest BCUT2D eigenvalue weighted by molar-refractivity contribution is -0.131. The average Bonchev–Trinajstić information content (AvgIpc) is 2.66. The third kappa shape index (κ3) is 3.45. The number of allylic oxidation sites excluding steroid dienone is 3. The lowest BCUT2D eigenvalue weighted by atomic mass is 9.68. The van der Waals surface area contributed by atoms with Crippen LogP contribution in [0.4, 0.5) is 0 Å². The predicted octanol–water partition coefficient (Wildman–Crippen LogP) is 4.68. The molecule has 2 heterocycles. The van der Waals surface area contributed by atoms with Gasteiger partial charge in [-0.15, -0.1) is 0 Å². The molecule has 0 saturated carbocycles. The summed E-state index contributed by atoms with van der Waals surface area (Å²) in [6.45, 7) is 13.7. The Morgan fingerprint density at radius 3 is 2.54 bits per heavy atom. The number of nitrogens with zero attached hydrogens (tertiary/aromatic N) is 2. The van der Waals surface area contributed by atoms with Crippen LogP contribution in [0.25, 0.3) is 0 Å². The molecule has 3 heteroatoms. The summed E-state index contributed by atoms with van der Waals surface area (Å²) < 4.78 is 0. The number of likely N-dealkylation sites (tertiary alicyclic amines) is 1. The fraction of sp³-hybridized carbons (Fsp3) is 0.560. The summed E-state index contributed by atoms with van der Waals surface area (Å²) in [4.78, 5) is 16.9. The van der Waals surface area contributed by atoms with Crippen LogP contribution in [0, 0.1) is 5.41 Å². The van der Waals surface area contributed by atoms with Crippen LogP contribution in [0.3, 0.4) is 0 Å². The Kier molecular flexibility index (Phi) is 4.99. The minimum Gasteiger partial charge on any atom is -0.338 e. The maximum absolute atomic E-state index is 12.2. The minimum absolute atomic E-state index is 0.127. The number of amides is 1. The molecular formula is C25H34N2O. The molecule has 0 N–H and O–H groups in total. The highest BCUT2D eigenvalue weighted by molar-refractivity contribution is 5.74. The molecule has 0 bridgehead atoms. The highest BCUT2D eigenvalue weighted by atomic mass is 16.2. The predicted molar refractivity (Wildman–Crippen MR) is 115 cm³/mol. The fourth-order valence-electron chi connectivity index (χ4n) is 5.53. The Balaban J connectivity index is 1.53. The third-order valence-corrected chi connectivity index (χ3v) is 7.37. The van der Waals surface area contributed by atoms with Gasteiger partial charge >= 0.3 is 0 Å². The molecule has 1 fully saturated rings. The van der Waals surface area contributed by atoms with Gasteiger partial charge in [0.15, 0.2) is 0 Å². The summed E-state index contributed by atoms with van der Waals surface area (Å²) in [6.07, 6.45) is 8.03. The average molecular weight is 379 g/mol. The van der Waals surface area contributed by atoms with Gasteiger partial charge in [0.05, 0.1) is 0 Å². The van der Waals surface area contributed by atoms with Gasteiger partial charge in [-0.05, 0) is 61.4 Å². The van der Waals surface area contributed by atoms with E-state index in [4.69, 9.17) is 0 Å². The first kappa shape index (κ1) is 19.4. The van der Waals surface area contributed by atoms with Crippen molar-refractivity contribution < 1.29 is 4.79 Å². The standard InChI is InChI=1S/C25H34N2O/c1-19-8-7-11-24(3,4)23(19)17-26-14-12-25(13-15-26)18-27(20(2)28)16-21-9-5-6-10-22(21)25/h5-10H,11-18H2,1-4H3. The van der Waals surface area contributed by atoms with Crippen molar-refractivity contribution in [2.24, 2.45) is 5.41 Å².